The first-order valence-corrected chi connectivity index (χ1v) is 26.8. The Bertz CT molecular complexity index is 2620. The van der Waals surface area contributed by atoms with Crippen LogP contribution in [0.1, 0.15) is 96.6 Å². The van der Waals surface area contributed by atoms with Crippen molar-refractivity contribution in [1.82, 2.24) is 35.1 Å². The number of likely N-dealkylation sites (tertiary alicyclic amines) is 1. The number of fused-ring (bicyclic) bond motifs is 3. The number of amides is 3. The molecule has 4 bridgehead atoms. The van der Waals surface area contributed by atoms with E-state index in [1.165, 1.54) is 47.4 Å². The van der Waals surface area contributed by atoms with E-state index in [9.17, 15) is 23.6 Å². The van der Waals surface area contributed by atoms with Gasteiger partial charge in [-0.15, -0.1) is 0 Å². The molecule has 400 valence electrons. The Morgan fingerprint density at radius 2 is 1.79 bits per heavy atom. The third-order valence-corrected chi connectivity index (χ3v) is 15.7. The molecule has 0 aliphatic carbocycles. The molecule has 2 N–H and O–H groups in total. The number of pyridine rings is 1. The number of esters is 1. The Kier molecular flexibility index (Phi) is 18.1. The molecule has 1 aromatic carbocycles. The number of ether oxygens (including phenoxy) is 3. The number of carbonyl (C=O) groups is 4. The van der Waals surface area contributed by atoms with Crippen LogP contribution in [0.3, 0.4) is 0 Å². The fourth-order valence-electron chi connectivity index (χ4n) is 10.3. The predicted molar refractivity (Wildman–Crippen MR) is 271 cm³/mol. The summed E-state index contributed by atoms with van der Waals surface area (Å²) in [7, 11) is 3.13. The van der Waals surface area contributed by atoms with Crippen molar-refractivity contribution < 1.29 is 64.7 Å². The van der Waals surface area contributed by atoms with Crippen molar-refractivity contribution in [2.24, 2.45) is 16.3 Å². The number of carbonyl (C=O) groups excluding carboxylic acids is 4. The predicted octanol–water partition coefficient (Wildman–Crippen LogP) is 6.44. The molecule has 0 spiro atoms. The van der Waals surface area contributed by atoms with Crippen molar-refractivity contribution in [3.63, 3.8) is 0 Å². The fourth-order valence-corrected chi connectivity index (χ4v) is 12.3. The van der Waals surface area contributed by atoms with Crippen LogP contribution >= 0.6 is 11.6 Å². The summed E-state index contributed by atoms with van der Waals surface area (Å²) in [6.45, 7) is 18.9. The van der Waals surface area contributed by atoms with Crippen LogP contribution < -0.4 is 15.6 Å². The fraction of sp³-hybridized carbons (Fsp3) is 0.596. The first-order chi connectivity index (χ1) is 34.6. The van der Waals surface area contributed by atoms with Crippen LogP contribution in [0.5, 0.6) is 0 Å². The zero-order chi connectivity index (χ0) is 53.1. The number of hydrogen-bond donors (Lipinski definition) is 2. The van der Waals surface area contributed by atoms with Crippen LogP contribution in [-0.2, 0) is 64.5 Å². The number of alkyl halides is 3. The summed E-state index contributed by atoms with van der Waals surface area (Å²) in [6.07, 6.45) is 3.57. The van der Waals surface area contributed by atoms with Crippen molar-refractivity contribution in [3.05, 3.63) is 53.6 Å². The molecule has 6 heterocycles. The van der Waals surface area contributed by atoms with Gasteiger partial charge in [-0.1, -0.05) is 0 Å². The summed E-state index contributed by atoms with van der Waals surface area (Å²) < 4.78 is 67.1. The number of cyclic esters (lactones) is 1. The van der Waals surface area contributed by atoms with E-state index >= 15 is 8.78 Å². The minimum atomic E-state index is -2.34. The summed E-state index contributed by atoms with van der Waals surface area (Å²) in [5.41, 5.74) is 3.00. The molecule has 16 nitrogen and oxygen atoms in total. The number of rotatable bonds is 12. The third-order valence-electron chi connectivity index (χ3n) is 14.4. The molecule has 7 rings (SSSR count). The summed E-state index contributed by atoms with van der Waals surface area (Å²) in [5, 5.41) is 5.49. The van der Waals surface area contributed by atoms with E-state index in [0.717, 1.165) is 32.8 Å². The molecule has 3 fully saturated rings. The Balaban J connectivity index is 1.26. The van der Waals surface area contributed by atoms with Crippen LogP contribution in [0.25, 0.3) is 27.9 Å². The zero-order valence-corrected chi connectivity index (χ0v) is 46.3. The zero-order valence-electron chi connectivity index (χ0n) is 43.0. The second-order valence-electron chi connectivity index (χ2n) is 20.5. The molecular weight excluding hydrogens is 1150 g/mol. The quantitative estimate of drug-likeness (QED) is 0.152. The minimum absolute atomic E-state index is 0.0266. The van der Waals surface area contributed by atoms with Crippen LogP contribution in [0, 0.1) is 17.2 Å². The number of anilines is 1. The molecular formula is C52H69ClF3N9O7Os. The van der Waals surface area contributed by atoms with Crippen LogP contribution in [-0.4, -0.2) is 155 Å². The van der Waals surface area contributed by atoms with E-state index in [1.807, 2.05) is 47.7 Å². The van der Waals surface area contributed by atoms with Gasteiger partial charge >= 0.3 is 334 Å². The van der Waals surface area contributed by atoms with Gasteiger partial charge in [0.05, 0.1) is 36.9 Å². The third kappa shape index (κ3) is 12.3. The van der Waals surface area contributed by atoms with Crippen molar-refractivity contribution in [2.45, 2.75) is 122 Å². The number of nitrogens with one attached hydrogen (secondary N) is 2. The van der Waals surface area contributed by atoms with E-state index in [2.05, 4.69) is 37.8 Å². The number of halogens is 4. The number of methoxy groups -OCH3 is 1. The number of aryl methyl sites for hydroxylation is 1. The Hall–Kier alpha value is -4.57. The molecule has 73 heavy (non-hydrogen) atoms. The van der Waals surface area contributed by atoms with Crippen LogP contribution in [0.2, 0.25) is 0 Å². The number of hydrazine groups is 1. The summed E-state index contributed by atoms with van der Waals surface area (Å²) in [6, 6.07) is 2.83. The van der Waals surface area contributed by atoms with E-state index in [0.29, 0.717) is 67.5 Å². The van der Waals surface area contributed by atoms with Gasteiger partial charge in [-0.3, -0.25) is 4.98 Å². The second kappa shape index (κ2) is 23.5. The number of likely N-dealkylation sites (N-methyl/N-ethyl adjacent to an activating group) is 1. The number of nitrogens with zero attached hydrogens (tertiary/aromatic N) is 7. The van der Waals surface area contributed by atoms with Crippen molar-refractivity contribution >= 4 is 68.0 Å². The molecule has 5 atom stereocenters. The molecule has 4 aliphatic heterocycles. The van der Waals surface area contributed by atoms with Crippen molar-refractivity contribution in [1.29, 1.82) is 0 Å². The molecule has 21 heteroatoms. The maximum absolute atomic E-state index is 16.8. The van der Waals surface area contributed by atoms with Gasteiger partial charge in [0.1, 0.15) is 0 Å². The van der Waals surface area contributed by atoms with Gasteiger partial charge in [0.25, 0.3) is 0 Å². The van der Waals surface area contributed by atoms with E-state index in [-0.39, 0.29) is 62.7 Å². The molecule has 3 amide bonds. The average Bonchev–Trinajstić information content (AvgIpc) is 3.66. The number of aliphatic imine (C=N–C) groups is 1. The van der Waals surface area contributed by atoms with Gasteiger partial charge in [-0.05, 0) is 19.9 Å². The van der Waals surface area contributed by atoms with Gasteiger partial charge in [0.2, 0.25) is 0 Å². The Labute approximate surface area is 440 Å². The first kappa shape index (κ1) is 56.2. The van der Waals surface area contributed by atoms with E-state index < -0.39 is 70.5 Å². The summed E-state index contributed by atoms with van der Waals surface area (Å²) in [5.74, 6) is -3.54. The second-order valence-corrected chi connectivity index (χ2v) is 22.3. The standard InChI is InChI=1S/C52H69ClF3N9O7.Os/c1-10-64-42-26-39(54)35-25-36(42)38(45(64)37-24-34(62-20-22-71-23-21-62)28-59-44(37)33(5)70-9)27-51(6,7)30-72-49(68)41-12-11-17-65(60-41)47(66)40(13-16-57-32(35)4)58-29-43(31(2)3)61(8)50(69)52(56)14-18-63(19-15-52)48(67)46(53)55;/h16,24-26,28,31,33,40-41,43,46,58,60H,4,10-15,17-23,27,30H2,1-3,5-9H3;/t33-,40-,41-,43+,46-;/m0./s1. The van der Waals surface area contributed by atoms with Gasteiger partial charge in [-0.2, -0.15) is 0 Å². The van der Waals surface area contributed by atoms with Crippen molar-refractivity contribution in [3.8, 4) is 11.3 Å². The molecule has 2 aromatic heterocycles. The Morgan fingerprint density at radius 1 is 1.10 bits per heavy atom. The molecule has 3 aromatic rings. The van der Waals surface area contributed by atoms with Crippen LogP contribution in [0.15, 0.2) is 36.0 Å². The number of hydrogen-bond acceptors (Lipinski definition) is 12. The Morgan fingerprint density at radius 3 is 2.44 bits per heavy atom. The SMILES string of the molecule is C=C1N=CC[C@H](N[C](=[Os])[C@H](C(C)C)N(C)C(=O)C2(F)CCN(C(=O)[C@H](F)Cl)CC2)C(=O)N2CCC[C@H](N2)C(=O)OCC(C)(C)Cc2c(-c3cc(N4CCOCC4)cnc3[C@H](C)OC)n(CC)c3cc(F)c1cc23. The summed E-state index contributed by atoms with van der Waals surface area (Å²) >= 11 is 6.80. The number of piperidine rings is 1. The number of aromatic nitrogens is 2. The molecule has 0 unspecified atom stereocenters. The van der Waals surface area contributed by atoms with Gasteiger partial charge in [-0.25, -0.2) is 0 Å². The first-order valence-electron chi connectivity index (χ1n) is 25.1. The topological polar surface area (TPSA) is 163 Å². The maximum atomic E-state index is 16.8. The average molecular weight is 1210 g/mol. The molecule has 0 saturated carbocycles. The summed E-state index contributed by atoms with van der Waals surface area (Å²) in [4.78, 5) is 69.2. The monoisotopic (exact) mass is 1220 g/mol. The van der Waals surface area contributed by atoms with E-state index in [1.54, 1.807) is 13.2 Å². The number of morpholine rings is 1. The van der Waals surface area contributed by atoms with E-state index in [4.69, 9.17) is 30.8 Å². The normalized spacial score (nSPS) is 22.2. The van der Waals surface area contributed by atoms with Crippen molar-refractivity contribution in [2.75, 3.05) is 71.6 Å². The van der Waals surface area contributed by atoms with Crippen LogP contribution in [0.4, 0.5) is 18.9 Å². The van der Waals surface area contributed by atoms with Gasteiger partial charge in [0, 0.05) is 32.3 Å². The molecule has 4 aliphatic rings. The number of benzene rings is 1. The molecule has 0 radical (unpaired) electrons. The van der Waals surface area contributed by atoms with Gasteiger partial charge < -0.3 is 14.4 Å². The molecule has 3 saturated heterocycles. The van der Waals surface area contributed by atoms with Gasteiger partial charge in [0.15, 0.2) is 0 Å².